The molecule has 1 N–H and O–H groups in total. The zero-order valence-electron chi connectivity index (χ0n) is 8.57. The third-order valence-corrected chi connectivity index (χ3v) is 2.18. The third-order valence-electron chi connectivity index (χ3n) is 2.18. The minimum atomic E-state index is -4.44. The van der Waals surface area contributed by atoms with Crippen molar-refractivity contribution in [1.29, 1.82) is 5.41 Å². The monoisotopic (exact) mass is 239 g/mol. The molecular formula is C11H8F3N3. The van der Waals surface area contributed by atoms with Crippen molar-refractivity contribution >= 4 is 0 Å². The van der Waals surface area contributed by atoms with Crippen molar-refractivity contribution in [2.24, 2.45) is 0 Å². The molecule has 0 saturated carbocycles. The first-order valence-electron chi connectivity index (χ1n) is 4.74. The van der Waals surface area contributed by atoms with Crippen LogP contribution in [0.4, 0.5) is 13.2 Å². The SMILES string of the molecule is N=c1ccccn1-c1ccc(C(F)(F)F)nc1. The highest BCUT2D eigenvalue weighted by Gasteiger charge is 2.32. The second-order valence-corrected chi connectivity index (χ2v) is 3.36. The molecule has 6 heteroatoms. The number of rotatable bonds is 1. The molecule has 0 aliphatic heterocycles. The van der Waals surface area contributed by atoms with E-state index in [1.807, 2.05) is 0 Å². The lowest BCUT2D eigenvalue weighted by Crippen LogP contribution is -2.16. The summed E-state index contributed by atoms with van der Waals surface area (Å²) in [5.74, 6) is 0. The van der Waals surface area contributed by atoms with Crippen molar-refractivity contribution < 1.29 is 13.2 Å². The highest BCUT2D eigenvalue weighted by molar-refractivity contribution is 5.30. The van der Waals surface area contributed by atoms with Gasteiger partial charge in [-0.2, -0.15) is 13.2 Å². The highest BCUT2D eigenvalue weighted by Crippen LogP contribution is 2.27. The number of nitrogens with zero attached hydrogens (tertiary/aromatic N) is 2. The summed E-state index contributed by atoms with van der Waals surface area (Å²) >= 11 is 0. The Balaban J connectivity index is 2.44. The van der Waals surface area contributed by atoms with Gasteiger partial charge < -0.3 is 4.57 Å². The molecule has 17 heavy (non-hydrogen) atoms. The molecule has 2 heterocycles. The van der Waals surface area contributed by atoms with Crippen molar-refractivity contribution in [1.82, 2.24) is 9.55 Å². The van der Waals surface area contributed by atoms with Gasteiger partial charge in [-0.05, 0) is 24.3 Å². The molecule has 0 spiro atoms. The van der Waals surface area contributed by atoms with Gasteiger partial charge in [-0.15, -0.1) is 0 Å². The van der Waals surface area contributed by atoms with E-state index in [2.05, 4.69) is 4.98 Å². The number of aromatic nitrogens is 2. The Morgan fingerprint density at radius 2 is 1.88 bits per heavy atom. The van der Waals surface area contributed by atoms with E-state index in [1.165, 1.54) is 16.7 Å². The van der Waals surface area contributed by atoms with Gasteiger partial charge in [-0.25, -0.2) is 4.98 Å². The first kappa shape index (κ1) is 11.4. The molecule has 0 bridgehead atoms. The first-order valence-corrected chi connectivity index (χ1v) is 4.74. The van der Waals surface area contributed by atoms with Crippen LogP contribution in [0.5, 0.6) is 0 Å². The van der Waals surface area contributed by atoms with E-state index in [1.54, 1.807) is 18.3 Å². The topological polar surface area (TPSA) is 41.7 Å². The quantitative estimate of drug-likeness (QED) is 0.815. The predicted molar refractivity (Wildman–Crippen MR) is 54.4 cm³/mol. The maximum absolute atomic E-state index is 12.3. The molecule has 0 saturated heterocycles. The predicted octanol–water partition coefficient (Wildman–Crippen LogP) is 2.37. The van der Waals surface area contributed by atoms with Crippen LogP contribution in [0.3, 0.4) is 0 Å². The summed E-state index contributed by atoms with van der Waals surface area (Å²) in [5.41, 5.74) is -0.345. The van der Waals surface area contributed by atoms with Crippen LogP contribution in [-0.4, -0.2) is 9.55 Å². The van der Waals surface area contributed by atoms with E-state index >= 15 is 0 Å². The molecular weight excluding hydrogens is 231 g/mol. The summed E-state index contributed by atoms with van der Waals surface area (Å²) < 4.78 is 38.3. The van der Waals surface area contributed by atoms with Crippen molar-refractivity contribution in [3.05, 3.63) is 53.9 Å². The van der Waals surface area contributed by atoms with Crippen LogP contribution in [-0.2, 0) is 6.18 Å². The number of halogens is 3. The number of pyridine rings is 2. The second kappa shape index (κ2) is 4.04. The number of hydrogen-bond donors (Lipinski definition) is 1. The van der Waals surface area contributed by atoms with E-state index in [4.69, 9.17) is 5.41 Å². The van der Waals surface area contributed by atoms with E-state index in [-0.39, 0.29) is 5.49 Å². The Hall–Kier alpha value is -2.11. The average molecular weight is 239 g/mol. The summed E-state index contributed by atoms with van der Waals surface area (Å²) in [7, 11) is 0. The lowest BCUT2D eigenvalue weighted by Gasteiger charge is -2.08. The van der Waals surface area contributed by atoms with Gasteiger partial charge in [0.25, 0.3) is 0 Å². The summed E-state index contributed by atoms with van der Waals surface area (Å²) in [5, 5.41) is 7.60. The lowest BCUT2D eigenvalue weighted by atomic mass is 10.3. The van der Waals surface area contributed by atoms with Gasteiger partial charge in [0.2, 0.25) is 0 Å². The molecule has 0 atom stereocenters. The molecule has 0 radical (unpaired) electrons. The largest absolute Gasteiger partial charge is 0.433 e. The van der Waals surface area contributed by atoms with Crippen molar-refractivity contribution in [2.45, 2.75) is 6.18 Å². The minimum absolute atomic E-state index is 0.175. The van der Waals surface area contributed by atoms with E-state index < -0.39 is 11.9 Å². The molecule has 3 nitrogen and oxygen atoms in total. The molecule has 0 amide bonds. The summed E-state index contributed by atoms with van der Waals surface area (Å²) in [6, 6.07) is 7.09. The molecule has 2 aromatic rings. The first-order chi connectivity index (χ1) is 7.98. The molecule has 2 rings (SSSR count). The van der Waals surface area contributed by atoms with Crippen molar-refractivity contribution in [2.75, 3.05) is 0 Å². The Morgan fingerprint density at radius 1 is 1.12 bits per heavy atom. The van der Waals surface area contributed by atoms with Crippen molar-refractivity contribution in [3.63, 3.8) is 0 Å². The smallest absolute Gasteiger partial charge is 0.301 e. The van der Waals surface area contributed by atoms with Gasteiger partial charge in [0.05, 0.1) is 11.9 Å². The van der Waals surface area contributed by atoms with Crippen LogP contribution in [0.1, 0.15) is 5.69 Å². The number of nitrogens with one attached hydrogen (secondary N) is 1. The van der Waals surface area contributed by atoms with E-state index in [0.717, 1.165) is 12.3 Å². The molecule has 0 fully saturated rings. The van der Waals surface area contributed by atoms with Crippen molar-refractivity contribution in [3.8, 4) is 5.69 Å². The maximum atomic E-state index is 12.3. The van der Waals surface area contributed by atoms with Gasteiger partial charge in [0, 0.05) is 6.20 Å². The lowest BCUT2D eigenvalue weighted by molar-refractivity contribution is -0.141. The molecule has 2 aromatic heterocycles. The third kappa shape index (κ3) is 2.35. The van der Waals surface area contributed by atoms with Crippen LogP contribution in [0, 0.1) is 5.41 Å². The van der Waals surface area contributed by atoms with Crippen LogP contribution < -0.4 is 5.49 Å². The van der Waals surface area contributed by atoms with Crippen LogP contribution in [0.25, 0.3) is 5.69 Å². The Bertz CT molecular complexity index is 570. The fraction of sp³-hybridized carbons (Fsp3) is 0.0909. The van der Waals surface area contributed by atoms with Gasteiger partial charge >= 0.3 is 6.18 Å². The molecule has 0 unspecified atom stereocenters. The minimum Gasteiger partial charge on any atom is -0.301 e. The molecule has 0 aromatic carbocycles. The molecule has 88 valence electrons. The normalized spacial score (nSPS) is 11.5. The highest BCUT2D eigenvalue weighted by atomic mass is 19.4. The average Bonchev–Trinajstić information content (AvgIpc) is 2.29. The standard InChI is InChI=1S/C11H8F3N3/c12-11(13,14)9-5-4-8(7-16-9)17-6-2-1-3-10(17)15/h1-7,15H. The fourth-order valence-electron chi connectivity index (χ4n) is 1.36. The van der Waals surface area contributed by atoms with Gasteiger partial charge in [-0.3, -0.25) is 5.41 Å². The maximum Gasteiger partial charge on any atom is 0.433 e. The van der Waals surface area contributed by atoms with Crippen LogP contribution >= 0.6 is 0 Å². The Morgan fingerprint density at radius 3 is 2.41 bits per heavy atom. The summed E-state index contributed by atoms with van der Waals surface area (Å²) in [6.45, 7) is 0. The van der Waals surface area contributed by atoms with Crippen LogP contribution in [0.2, 0.25) is 0 Å². The molecule has 0 aliphatic carbocycles. The Labute approximate surface area is 94.7 Å². The number of alkyl halides is 3. The number of hydrogen-bond acceptors (Lipinski definition) is 2. The Kier molecular flexibility index (Phi) is 2.71. The fourth-order valence-corrected chi connectivity index (χ4v) is 1.36. The summed E-state index contributed by atoms with van der Waals surface area (Å²) in [4.78, 5) is 3.34. The molecule has 0 aliphatic rings. The second-order valence-electron chi connectivity index (χ2n) is 3.36. The zero-order chi connectivity index (χ0) is 12.5. The zero-order valence-corrected chi connectivity index (χ0v) is 8.57. The summed E-state index contributed by atoms with van der Waals surface area (Å²) in [6.07, 6.45) is -1.75. The van der Waals surface area contributed by atoms with Gasteiger partial charge in [0.15, 0.2) is 0 Å². The van der Waals surface area contributed by atoms with E-state index in [0.29, 0.717) is 5.69 Å². The van der Waals surface area contributed by atoms with Crippen LogP contribution in [0.15, 0.2) is 42.7 Å². The van der Waals surface area contributed by atoms with Gasteiger partial charge in [-0.1, -0.05) is 6.07 Å². The van der Waals surface area contributed by atoms with E-state index in [9.17, 15) is 13.2 Å². The van der Waals surface area contributed by atoms with Gasteiger partial charge in [0.1, 0.15) is 11.2 Å².